The monoisotopic (exact) mass is 527 g/mol. The van der Waals surface area contributed by atoms with E-state index in [0.29, 0.717) is 54.3 Å². The van der Waals surface area contributed by atoms with Crippen molar-refractivity contribution >= 4 is 30.2 Å². The first-order valence-electron chi connectivity index (χ1n) is 12.5. The number of pyridine rings is 2. The molecule has 11 heteroatoms. The number of aliphatic hydroxyl groups is 1. The van der Waals surface area contributed by atoms with Crippen LogP contribution in [0.1, 0.15) is 43.9 Å². The average molecular weight is 528 g/mol. The quantitative estimate of drug-likeness (QED) is 0.247. The second kappa shape index (κ2) is 9.68. The summed E-state index contributed by atoms with van der Waals surface area (Å²) in [6, 6.07) is 9.36. The van der Waals surface area contributed by atoms with Gasteiger partial charge in [0.2, 0.25) is 0 Å². The number of benzene rings is 1. The first kappa shape index (κ1) is 25.6. The summed E-state index contributed by atoms with van der Waals surface area (Å²) < 4.78 is 30.3. The Morgan fingerprint density at radius 3 is 2.65 bits per heavy atom. The molecule has 2 aliphatic rings. The van der Waals surface area contributed by atoms with Gasteiger partial charge in [-0.05, 0) is 44.5 Å². The van der Waals surface area contributed by atoms with Crippen molar-refractivity contribution in [1.82, 2.24) is 9.55 Å². The van der Waals surface area contributed by atoms with Crippen molar-refractivity contribution in [1.29, 1.82) is 0 Å². The highest BCUT2D eigenvalue weighted by Crippen LogP contribution is 2.47. The molecule has 37 heavy (non-hydrogen) atoms. The van der Waals surface area contributed by atoms with E-state index in [2.05, 4.69) is 5.32 Å². The number of hydrogen-bond acceptors (Lipinski definition) is 9. The fourth-order valence-corrected chi connectivity index (χ4v) is 6.55. The van der Waals surface area contributed by atoms with Gasteiger partial charge in [0.15, 0.2) is 5.60 Å². The Bertz CT molecular complexity index is 1490. The molecule has 0 aliphatic carbocycles. The van der Waals surface area contributed by atoms with E-state index in [0.717, 1.165) is 16.6 Å². The topological polar surface area (TPSA) is 129 Å². The summed E-state index contributed by atoms with van der Waals surface area (Å²) in [7, 11) is -3.17. The van der Waals surface area contributed by atoms with E-state index in [9.17, 15) is 19.3 Å². The van der Waals surface area contributed by atoms with Crippen LogP contribution in [-0.4, -0.2) is 46.5 Å². The van der Waals surface area contributed by atoms with Gasteiger partial charge in [0.25, 0.3) is 5.56 Å². The van der Waals surface area contributed by atoms with Crippen LogP contribution in [0, 0.1) is 0 Å². The molecule has 0 unspecified atom stereocenters. The lowest BCUT2D eigenvalue weighted by Crippen LogP contribution is -2.44. The minimum atomic E-state index is -3.17. The molecule has 196 valence electrons. The maximum Gasteiger partial charge on any atom is 0.343 e. The largest absolute Gasteiger partial charge is 0.458 e. The number of esters is 1. The number of ether oxygens (including phenoxy) is 1. The molecule has 1 atom stereocenters. The number of carbonyl (C=O) groups is 1. The van der Waals surface area contributed by atoms with E-state index in [4.69, 9.17) is 18.8 Å². The number of rotatable bonds is 9. The van der Waals surface area contributed by atoms with Crippen LogP contribution in [-0.2, 0) is 41.9 Å². The second-order valence-corrected chi connectivity index (χ2v) is 11.3. The zero-order valence-electron chi connectivity index (χ0n) is 21.1. The molecule has 0 fully saturated rings. The van der Waals surface area contributed by atoms with Crippen molar-refractivity contribution in [2.45, 2.75) is 45.9 Å². The predicted molar refractivity (Wildman–Crippen MR) is 139 cm³/mol. The molecule has 4 heterocycles. The Morgan fingerprint density at radius 1 is 1.19 bits per heavy atom. The molecule has 0 amide bonds. The molecule has 0 spiro atoms. The molecule has 2 aromatic heterocycles. The van der Waals surface area contributed by atoms with Crippen LogP contribution in [0.4, 0.5) is 5.69 Å². The van der Waals surface area contributed by atoms with E-state index in [1.807, 2.05) is 24.3 Å². The fourth-order valence-electron chi connectivity index (χ4n) is 5.04. The lowest BCUT2D eigenvalue weighted by atomic mass is 9.86. The molecule has 2 aliphatic heterocycles. The molecule has 0 radical (unpaired) electrons. The maximum atomic E-state index is 13.4. The Kier molecular flexibility index (Phi) is 6.70. The normalized spacial score (nSPS) is 18.3. The number of hydrogen-bond donors (Lipinski definition) is 2. The van der Waals surface area contributed by atoms with Gasteiger partial charge < -0.3 is 28.8 Å². The van der Waals surface area contributed by atoms with E-state index < -0.39 is 19.2 Å². The molecule has 2 N–H and O–H groups in total. The summed E-state index contributed by atoms with van der Waals surface area (Å²) in [5.41, 5.74) is 2.01. The summed E-state index contributed by atoms with van der Waals surface area (Å²) in [4.78, 5) is 30.6. The number of cyclic esters (lactones) is 1. The highest BCUT2D eigenvalue weighted by atomic mass is 31.2. The number of carbonyl (C=O) groups excluding carboxylic acids is 1. The van der Waals surface area contributed by atoms with Crippen LogP contribution < -0.4 is 10.9 Å². The van der Waals surface area contributed by atoms with Crippen molar-refractivity contribution in [3.63, 3.8) is 0 Å². The highest BCUT2D eigenvalue weighted by molar-refractivity contribution is 7.53. The van der Waals surface area contributed by atoms with E-state index in [1.165, 1.54) is 0 Å². The van der Waals surface area contributed by atoms with Gasteiger partial charge in [-0.1, -0.05) is 13.0 Å². The van der Waals surface area contributed by atoms with Gasteiger partial charge in [0.1, 0.15) is 6.61 Å². The lowest BCUT2D eigenvalue weighted by molar-refractivity contribution is -0.172. The standard InChI is InChI=1S/C26H30N3O7P/c1-4-26(32)19-13-22-23-16(14-29(22)24(30)18(19)15-34-25(26)31)12-17-20(8-7-9-21(17)28-23)27-10-11-37(33,35-5-2)36-6-3/h7-9,12-13,27,32H,4-6,10-11,14-15H2,1-3H3/t26-/m0/s1. The van der Waals surface area contributed by atoms with Crippen molar-refractivity contribution in [3.8, 4) is 11.4 Å². The van der Waals surface area contributed by atoms with Crippen molar-refractivity contribution in [2.75, 3.05) is 31.2 Å². The van der Waals surface area contributed by atoms with Crippen LogP contribution in [0.3, 0.4) is 0 Å². The smallest absolute Gasteiger partial charge is 0.343 e. The zero-order chi connectivity index (χ0) is 26.4. The van der Waals surface area contributed by atoms with Crippen LogP contribution in [0.5, 0.6) is 0 Å². The third-order valence-electron chi connectivity index (χ3n) is 6.90. The number of nitrogens with one attached hydrogen (secondary N) is 1. The first-order chi connectivity index (χ1) is 17.7. The Hall–Kier alpha value is -3.04. The van der Waals surface area contributed by atoms with Gasteiger partial charge in [-0.2, -0.15) is 0 Å². The predicted octanol–water partition coefficient (Wildman–Crippen LogP) is 3.76. The number of fused-ring (bicyclic) bond motifs is 5. The Labute approximate surface area is 214 Å². The summed E-state index contributed by atoms with van der Waals surface area (Å²) in [6.45, 7) is 6.38. The van der Waals surface area contributed by atoms with Gasteiger partial charge in [0, 0.05) is 28.7 Å². The minimum absolute atomic E-state index is 0.0916. The van der Waals surface area contributed by atoms with Crippen molar-refractivity contribution in [2.24, 2.45) is 0 Å². The first-order valence-corrected chi connectivity index (χ1v) is 14.2. The Balaban J connectivity index is 1.50. The van der Waals surface area contributed by atoms with Gasteiger partial charge in [-0.15, -0.1) is 0 Å². The van der Waals surface area contributed by atoms with E-state index in [-0.39, 0.29) is 24.7 Å². The van der Waals surface area contributed by atoms with Crippen molar-refractivity contribution < 1.29 is 28.3 Å². The fraction of sp³-hybridized carbons (Fsp3) is 0.423. The molecule has 1 aromatic carbocycles. The zero-order valence-corrected chi connectivity index (χ0v) is 22.0. The molecule has 0 saturated carbocycles. The van der Waals surface area contributed by atoms with Crippen LogP contribution in [0.15, 0.2) is 35.1 Å². The molecule has 5 rings (SSSR count). The third-order valence-corrected chi connectivity index (χ3v) is 8.98. The number of nitrogens with zero attached hydrogens (tertiary/aromatic N) is 2. The van der Waals surface area contributed by atoms with Gasteiger partial charge >= 0.3 is 13.6 Å². The molecular weight excluding hydrogens is 497 g/mol. The lowest BCUT2D eigenvalue weighted by Gasteiger charge is -2.31. The highest BCUT2D eigenvalue weighted by Gasteiger charge is 2.45. The van der Waals surface area contributed by atoms with Crippen LogP contribution >= 0.6 is 7.60 Å². The minimum Gasteiger partial charge on any atom is -0.458 e. The number of anilines is 1. The van der Waals surface area contributed by atoms with Gasteiger partial charge in [-0.25, -0.2) is 9.78 Å². The molecule has 10 nitrogen and oxygen atoms in total. The van der Waals surface area contributed by atoms with Gasteiger partial charge in [0.05, 0.1) is 48.4 Å². The summed E-state index contributed by atoms with van der Waals surface area (Å²) in [5.74, 6) is -0.745. The average Bonchev–Trinajstić information content (AvgIpc) is 3.24. The summed E-state index contributed by atoms with van der Waals surface area (Å²) in [6.07, 6.45) is 0.311. The molecule has 0 bridgehead atoms. The molecule has 0 saturated heterocycles. The van der Waals surface area contributed by atoms with Gasteiger partial charge in [-0.3, -0.25) is 9.36 Å². The number of aromatic nitrogens is 2. The van der Waals surface area contributed by atoms with Crippen molar-refractivity contribution in [3.05, 3.63) is 57.4 Å². The maximum absolute atomic E-state index is 13.4. The summed E-state index contributed by atoms with van der Waals surface area (Å²) in [5, 5.41) is 15.2. The van der Waals surface area contributed by atoms with Crippen LogP contribution in [0.25, 0.3) is 22.3 Å². The Morgan fingerprint density at radius 2 is 1.95 bits per heavy atom. The second-order valence-electron chi connectivity index (χ2n) is 9.07. The third kappa shape index (κ3) is 4.28. The van der Waals surface area contributed by atoms with E-state index >= 15 is 0 Å². The summed E-state index contributed by atoms with van der Waals surface area (Å²) >= 11 is 0. The van der Waals surface area contributed by atoms with Crippen LogP contribution in [0.2, 0.25) is 0 Å². The SMILES string of the molecule is CCOP(=O)(CCNc1cccc2nc3c(cc12)Cn1c-3cc2c(c1=O)COC(=O)[C@]2(O)CC)OCC. The molecular formula is C26H30N3O7P. The molecule has 3 aromatic rings. The van der Waals surface area contributed by atoms with E-state index in [1.54, 1.807) is 31.4 Å².